The summed E-state index contributed by atoms with van der Waals surface area (Å²) in [5.41, 5.74) is -1.10. The van der Waals surface area contributed by atoms with E-state index in [9.17, 15) is 27.6 Å². The van der Waals surface area contributed by atoms with Crippen molar-refractivity contribution in [1.82, 2.24) is 5.32 Å². The number of ether oxygens (including phenoxy) is 1. The number of carbonyl (C=O) groups is 3. The van der Waals surface area contributed by atoms with Gasteiger partial charge >= 0.3 is 24.1 Å². The van der Waals surface area contributed by atoms with Gasteiger partial charge in [0, 0.05) is 6.54 Å². The minimum Gasteiger partial charge on any atom is -0.478 e. The second-order valence-electron chi connectivity index (χ2n) is 3.09. The number of halogens is 3. The highest BCUT2D eigenvalue weighted by Crippen LogP contribution is 2.19. The SMILES string of the molecule is O=C(O)C1=C(C(=O)OC(=O)C(F)(F)F)CNC=C1. The summed E-state index contributed by atoms with van der Waals surface area (Å²) >= 11 is 0. The Hall–Kier alpha value is -2.32. The first-order valence-corrected chi connectivity index (χ1v) is 4.43. The van der Waals surface area contributed by atoms with Crippen LogP contribution in [0.4, 0.5) is 13.2 Å². The number of alkyl halides is 3. The van der Waals surface area contributed by atoms with E-state index in [0.717, 1.165) is 6.08 Å². The molecule has 0 bridgehead atoms. The molecule has 0 aromatic heterocycles. The second kappa shape index (κ2) is 4.90. The summed E-state index contributed by atoms with van der Waals surface area (Å²) in [5, 5.41) is 11.1. The van der Waals surface area contributed by atoms with Crippen LogP contribution < -0.4 is 5.32 Å². The maximum atomic E-state index is 11.8. The molecule has 0 spiro atoms. The molecule has 1 rings (SSSR count). The number of hydrogen-bond acceptors (Lipinski definition) is 5. The molecule has 0 radical (unpaired) electrons. The molecule has 0 atom stereocenters. The number of nitrogens with one attached hydrogen (secondary N) is 1. The summed E-state index contributed by atoms with van der Waals surface area (Å²) in [6, 6.07) is 0. The molecule has 1 aliphatic heterocycles. The molecule has 1 aliphatic rings. The van der Waals surface area contributed by atoms with Gasteiger partial charge in [0.15, 0.2) is 0 Å². The summed E-state index contributed by atoms with van der Waals surface area (Å²) in [6.07, 6.45) is -3.15. The van der Waals surface area contributed by atoms with E-state index >= 15 is 0 Å². The van der Waals surface area contributed by atoms with Gasteiger partial charge in [-0.25, -0.2) is 14.4 Å². The van der Waals surface area contributed by atoms with Crippen LogP contribution in [0.5, 0.6) is 0 Å². The van der Waals surface area contributed by atoms with Gasteiger partial charge in [-0.1, -0.05) is 0 Å². The summed E-state index contributed by atoms with van der Waals surface area (Å²) in [4.78, 5) is 32.3. The maximum absolute atomic E-state index is 11.8. The van der Waals surface area contributed by atoms with E-state index in [4.69, 9.17) is 5.11 Å². The lowest BCUT2D eigenvalue weighted by atomic mass is 10.1. The van der Waals surface area contributed by atoms with Gasteiger partial charge in [0.2, 0.25) is 0 Å². The molecule has 0 unspecified atom stereocenters. The largest absolute Gasteiger partial charge is 0.491 e. The van der Waals surface area contributed by atoms with Crippen molar-refractivity contribution in [3.05, 3.63) is 23.4 Å². The molecular weight excluding hydrogens is 259 g/mol. The molecule has 0 aliphatic carbocycles. The van der Waals surface area contributed by atoms with Crippen LogP contribution in [0, 0.1) is 0 Å². The van der Waals surface area contributed by atoms with Crippen molar-refractivity contribution in [3.8, 4) is 0 Å². The first-order valence-electron chi connectivity index (χ1n) is 4.43. The molecule has 0 aromatic rings. The molecule has 0 fully saturated rings. The molecule has 0 saturated heterocycles. The Balaban J connectivity index is 2.93. The Morgan fingerprint density at radius 3 is 2.44 bits per heavy atom. The zero-order chi connectivity index (χ0) is 13.9. The number of carbonyl (C=O) groups excluding carboxylic acids is 2. The van der Waals surface area contributed by atoms with E-state index in [1.807, 2.05) is 0 Å². The highest BCUT2D eigenvalue weighted by Gasteiger charge is 2.43. The number of dihydropyridines is 1. The zero-order valence-corrected chi connectivity index (χ0v) is 8.58. The average molecular weight is 265 g/mol. The topological polar surface area (TPSA) is 92.7 Å². The van der Waals surface area contributed by atoms with E-state index in [1.54, 1.807) is 0 Å². The van der Waals surface area contributed by atoms with Crippen molar-refractivity contribution in [2.75, 3.05) is 6.54 Å². The van der Waals surface area contributed by atoms with Crippen molar-refractivity contribution in [3.63, 3.8) is 0 Å². The number of carboxylic acids is 1. The zero-order valence-electron chi connectivity index (χ0n) is 8.58. The third-order valence-corrected chi connectivity index (χ3v) is 1.87. The Morgan fingerprint density at radius 1 is 1.33 bits per heavy atom. The minimum absolute atomic E-state index is 0.345. The second-order valence-corrected chi connectivity index (χ2v) is 3.09. The van der Waals surface area contributed by atoms with Gasteiger partial charge in [-0.3, -0.25) is 0 Å². The Bertz CT molecular complexity index is 463. The van der Waals surface area contributed by atoms with Gasteiger partial charge in [-0.05, 0) is 12.3 Å². The first-order chi connectivity index (χ1) is 8.23. The van der Waals surface area contributed by atoms with E-state index in [-0.39, 0.29) is 6.54 Å². The molecule has 1 heterocycles. The smallest absolute Gasteiger partial charge is 0.478 e. The molecule has 18 heavy (non-hydrogen) atoms. The standard InChI is InChI=1S/C9H6F3NO5/c10-9(11,12)8(17)18-7(16)5-3-13-2-1-4(5)6(14)15/h1-2,13H,3H2,(H,14,15). The molecule has 2 N–H and O–H groups in total. The molecule has 9 heteroatoms. The van der Waals surface area contributed by atoms with Crippen molar-refractivity contribution in [1.29, 1.82) is 0 Å². The molecule has 0 amide bonds. The number of rotatable bonds is 2. The number of esters is 2. The van der Waals surface area contributed by atoms with Crippen LogP contribution in [0.3, 0.4) is 0 Å². The molecular formula is C9H6F3NO5. The quantitative estimate of drug-likeness (QED) is 0.544. The van der Waals surface area contributed by atoms with Crippen LogP contribution in [0.1, 0.15) is 0 Å². The molecule has 0 aromatic carbocycles. The van der Waals surface area contributed by atoms with Crippen molar-refractivity contribution >= 4 is 17.9 Å². The van der Waals surface area contributed by atoms with Crippen LogP contribution in [-0.2, 0) is 19.1 Å². The first kappa shape index (κ1) is 13.7. The van der Waals surface area contributed by atoms with Gasteiger partial charge in [0.25, 0.3) is 0 Å². The monoisotopic (exact) mass is 265 g/mol. The van der Waals surface area contributed by atoms with E-state index in [1.165, 1.54) is 6.20 Å². The molecule has 98 valence electrons. The highest BCUT2D eigenvalue weighted by atomic mass is 19.4. The Kier molecular flexibility index (Phi) is 3.74. The lowest BCUT2D eigenvalue weighted by Crippen LogP contribution is -2.32. The summed E-state index contributed by atoms with van der Waals surface area (Å²) in [6.45, 7) is -0.345. The van der Waals surface area contributed by atoms with Gasteiger partial charge in [0.1, 0.15) is 0 Å². The molecule has 0 saturated carbocycles. The fourth-order valence-corrected chi connectivity index (χ4v) is 1.09. The number of aliphatic carboxylic acids is 1. The van der Waals surface area contributed by atoms with Crippen molar-refractivity contribution < 1.29 is 37.4 Å². The predicted molar refractivity (Wildman–Crippen MR) is 49.0 cm³/mol. The Morgan fingerprint density at radius 2 is 1.94 bits per heavy atom. The van der Waals surface area contributed by atoms with E-state index < -0.39 is 35.2 Å². The van der Waals surface area contributed by atoms with Crippen LogP contribution in [0.2, 0.25) is 0 Å². The van der Waals surface area contributed by atoms with Crippen LogP contribution >= 0.6 is 0 Å². The van der Waals surface area contributed by atoms with E-state index in [2.05, 4.69) is 10.1 Å². The summed E-state index contributed by atoms with van der Waals surface area (Å²) in [5.74, 6) is -5.86. The van der Waals surface area contributed by atoms with E-state index in [0.29, 0.717) is 0 Å². The summed E-state index contributed by atoms with van der Waals surface area (Å²) < 4.78 is 39.1. The maximum Gasteiger partial charge on any atom is 0.491 e. The van der Waals surface area contributed by atoms with Crippen LogP contribution in [-0.4, -0.2) is 35.7 Å². The van der Waals surface area contributed by atoms with Crippen molar-refractivity contribution in [2.45, 2.75) is 6.18 Å². The number of carboxylic acid groups (broad SMARTS) is 1. The van der Waals surface area contributed by atoms with Crippen molar-refractivity contribution in [2.24, 2.45) is 0 Å². The van der Waals surface area contributed by atoms with Gasteiger partial charge < -0.3 is 15.2 Å². The predicted octanol–water partition coefficient (Wildman–Crippen LogP) is 0.117. The van der Waals surface area contributed by atoms with Gasteiger partial charge in [-0.15, -0.1) is 0 Å². The van der Waals surface area contributed by atoms with Gasteiger partial charge in [0.05, 0.1) is 11.1 Å². The molecule has 6 nitrogen and oxygen atoms in total. The average Bonchev–Trinajstić information content (AvgIpc) is 2.27. The fourth-order valence-electron chi connectivity index (χ4n) is 1.09. The fraction of sp³-hybridized carbons (Fsp3) is 0.222. The lowest BCUT2D eigenvalue weighted by Gasteiger charge is -2.13. The Labute approximate surface area is 97.7 Å². The normalized spacial score (nSPS) is 15.1. The lowest BCUT2D eigenvalue weighted by molar-refractivity contribution is -0.200. The van der Waals surface area contributed by atoms with Gasteiger partial charge in [-0.2, -0.15) is 13.2 Å². The van der Waals surface area contributed by atoms with Crippen LogP contribution in [0.15, 0.2) is 23.4 Å². The number of hydrogen-bond donors (Lipinski definition) is 2. The third kappa shape index (κ3) is 3.09. The minimum atomic E-state index is -5.32. The highest BCUT2D eigenvalue weighted by molar-refractivity contribution is 6.05. The summed E-state index contributed by atoms with van der Waals surface area (Å²) in [7, 11) is 0. The van der Waals surface area contributed by atoms with Crippen LogP contribution in [0.25, 0.3) is 0 Å². The third-order valence-electron chi connectivity index (χ3n) is 1.87.